The third-order valence-corrected chi connectivity index (χ3v) is 8.31. The summed E-state index contributed by atoms with van der Waals surface area (Å²) < 4.78 is 0. The van der Waals surface area contributed by atoms with Crippen LogP contribution >= 0.6 is 0 Å². The van der Waals surface area contributed by atoms with Crippen LogP contribution < -0.4 is 16.0 Å². The largest absolute Gasteiger partial charge is 0.345 e. The number of amides is 4. The molecule has 3 N–H and O–H groups in total. The molecule has 4 rings (SSSR count). The highest BCUT2D eigenvalue weighted by molar-refractivity contribution is 5.94. The minimum atomic E-state index is -0.870. The lowest BCUT2D eigenvalue weighted by Crippen LogP contribution is -2.58. The van der Waals surface area contributed by atoms with E-state index in [1.54, 1.807) is 31.3 Å². The van der Waals surface area contributed by atoms with Gasteiger partial charge in [-0.3, -0.25) is 19.2 Å². The molecular formula is C37H45N5O4. The molecule has 0 aliphatic carbocycles. The number of benzene rings is 3. The van der Waals surface area contributed by atoms with Crippen molar-refractivity contribution in [1.29, 1.82) is 0 Å². The summed E-state index contributed by atoms with van der Waals surface area (Å²) in [7, 11) is 1.67. The van der Waals surface area contributed by atoms with E-state index in [2.05, 4.69) is 40.2 Å². The van der Waals surface area contributed by atoms with Crippen LogP contribution in [0.3, 0.4) is 0 Å². The van der Waals surface area contributed by atoms with E-state index >= 15 is 0 Å². The van der Waals surface area contributed by atoms with Crippen LogP contribution in [0.2, 0.25) is 0 Å². The Morgan fingerprint density at radius 3 is 1.87 bits per heavy atom. The zero-order chi connectivity index (χ0) is 33.3. The number of likely N-dealkylation sites (N-methyl/N-ethyl adjacent to an activating group) is 1. The molecule has 1 aliphatic rings. The van der Waals surface area contributed by atoms with Gasteiger partial charge in [0.1, 0.15) is 12.1 Å². The van der Waals surface area contributed by atoms with E-state index in [-0.39, 0.29) is 24.3 Å². The fourth-order valence-electron chi connectivity index (χ4n) is 5.47. The molecule has 242 valence electrons. The van der Waals surface area contributed by atoms with E-state index in [9.17, 15) is 19.2 Å². The van der Waals surface area contributed by atoms with Crippen molar-refractivity contribution in [2.45, 2.75) is 58.2 Å². The van der Waals surface area contributed by atoms with Gasteiger partial charge in [0.2, 0.25) is 23.6 Å². The number of hydrogen-bond acceptors (Lipinski definition) is 5. The first-order valence-corrected chi connectivity index (χ1v) is 15.7. The highest BCUT2D eigenvalue weighted by Gasteiger charge is 2.37. The summed E-state index contributed by atoms with van der Waals surface area (Å²) in [6, 6.07) is 27.5. The minimum absolute atomic E-state index is 0.0786. The quantitative estimate of drug-likeness (QED) is 0.284. The summed E-state index contributed by atoms with van der Waals surface area (Å²) >= 11 is 0. The van der Waals surface area contributed by atoms with Crippen LogP contribution in [-0.4, -0.2) is 71.7 Å². The van der Waals surface area contributed by atoms with Crippen molar-refractivity contribution >= 4 is 23.6 Å². The smallest absolute Gasteiger partial charge is 0.250 e. The van der Waals surface area contributed by atoms with E-state index in [0.29, 0.717) is 13.0 Å². The molecule has 0 saturated heterocycles. The number of carbonyl (C=O) groups excluding carboxylic acids is 4. The molecule has 0 radical (unpaired) electrons. The molecule has 3 aromatic carbocycles. The Labute approximate surface area is 272 Å². The standard InChI is InChI=1S/C37H45N5O4/c1-26(38-5)34(44)40-33(37(2,3)4)35(45)39-24-32(43)42-22-21-41(36(46)31(42)23-27-15-9-6-10-16-27)25-30(28-17-11-7-12-18-28)29-19-13-8-14-20-29/h6-22,26,30-31,33,38H,23-25H2,1-5H3,(H,39,45)(H,40,44)/t26-,31-,33+/m0/s1. The van der Waals surface area contributed by atoms with Crippen LogP contribution in [0.4, 0.5) is 0 Å². The predicted octanol–water partition coefficient (Wildman–Crippen LogP) is 3.83. The van der Waals surface area contributed by atoms with E-state index in [4.69, 9.17) is 0 Å². The lowest BCUT2D eigenvalue weighted by atomic mass is 9.86. The second kappa shape index (κ2) is 15.5. The van der Waals surface area contributed by atoms with Crippen LogP contribution in [0.5, 0.6) is 0 Å². The highest BCUT2D eigenvalue weighted by Crippen LogP contribution is 2.28. The summed E-state index contributed by atoms with van der Waals surface area (Å²) in [5, 5.41) is 8.38. The molecule has 0 saturated carbocycles. The first-order valence-electron chi connectivity index (χ1n) is 15.7. The Bertz CT molecular complexity index is 1470. The molecule has 0 unspecified atom stereocenters. The van der Waals surface area contributed by atoms with Crippen LogP contribution in [0.25, 0.3) is 0 Å². The van der Waals surface area contributed by atoms with Crippen LogP contribution in [0, 0.1) is 5.41 Å². The van der Waals surface area contributed by atoms with Gasteiger partial charge in [-0.1, -0.05) is 112 Å². The van der Waals surface area contributed by atoms with Crippen molar-refractivity contribution < 1.29 is 19.2 Å². The molecule has 1 aliphatic heterocycles. The van der Waals surface area contributed by atoms with E-state index in [1.165, 1.54) is 4.90 Å². The summed E-state index contributed by atoms with van der Waals surface area (Å²) in [5.74, 6) is -1.50. The second-order valence-electron chi connectivity index (χ2n) is 12.7. The summed E-state index contributed by atoms with van der Waals surface area (Å²) in [6.45, 7) is 7.30. The van der Waals surface area contributed by atoms with Crippen molar-refractivity contribution in [2.75, 3.05) is 20.1 Å². The van der Waals surface area contributed by atoms with Crippen molar-refractivity contribution in [3.63, 3.8) is 0 Å². The maximum absolute atomic E-state index is 14.2. The fraction of sp³-hybridized carbons (Fsp3) is 0.351. The maximum atomic E-state index is 14.2. The van der Waals surface area contributed by atoms with E-state index in [0.717, 1.165) is 16.7 Å². The average molecular weight is 624 g/mol. The van der Waals surface area contributed by atoms with Crippen LogP contribution in [0.15, 0.2) is 103 Å². The predicted molar refractivity (Wildman–Crippen MR) is 179 cm³/mol. The van der Waals surface area contributed by atoms with Gasteiger partial charge < -0.3 is 25.8 Å². The summed E-state index contributed by atoms with van der Waals surface area (Å²) in [4.78, 5) is 56.8. The van der Waals surface area contributed by atoms with Crippen LogP contribution in [-0.2, 0) is 25.6 Å². The molecule has 9 heteroatoms. The molecule has 0 spiro atoms. The molecule has 0 bridgehead atoms. The van der Waals surface area contributed by atoms with Crippen LogP contribution in [0.1, 0.15) is 50.3 Å². The molecule has 1 heterocycles. The third-order valence-electron chi connectivity index (χ3n) is 8.31. The number of rotatable bonds is 12. The van der Waals surface area contributed by atoms with Crippen molar-refractivity contribution in [1.82, 2.24) is 25.8 Å². The van der Waals surface area contributed by atoms with E-state index in [1.807, 2.05) is 87.5 Å². The molecule has 9 nitrogen and oxygen atoms in total. The molecule has 4 amide bonds. The number of nitrogens with zero attached hydrogens (tertiary/aromatic N) is 2. The molecule has 3 atom stereocenters. The number of hydrogen-bond donors (Lipinski definition) is 3. The minimum Gasteiger partial charge on any atom is -0.345 e. The zero-order valence-electron chi connectivity index (χ0n) is 27.3. The van der Waals surface area contributed by atoms with Gasteiger partial charge in [0, 0.05) is 31.3 Å². The zero-order valence-corrected chi connectivity index (χ0v) is 27.3. The van der Waals surface area contributed by atoms with Gasteiger partial charge in [-0.05, 0) is 36.1 Å². The Balaban J connectivity index is 1.56. The lowest BCUT2D eigenvalue weighted by Gasteiger charge is -2.37. The lowest BCUT2D eigenvalue weighted by molar-refractivity contribution is -0.143. The van der Waals surface area contributed by atoms with Gasteiger partial charge in [-0.2, -0.15) is 0 Å². The highest BCUT2D eigenvalue weighted by atomic mass is 16.2. The molecular weight excluding hydrogens is 578 g/mol. The van der Waals surface area contributed by atoms with Gasteiger partial charge in [-0.15, -0.1) is 0 Å². The molecule has 3 aromatic rings. The Morgan fingerprint density at radius 1 is 0.804 bits per heavy atom. The normalized spacial score (nSPS) is 16.2. The Morgan fingerprint density at radius 2 is 1.35 bits per heavy atom. The SMILES string of the molecule is CN[C@@H](C)C(=O)N[C@H](C(=O)NCC(=O)N1C=CN(CC(c2ccccc2)c2ccccc2)C(=O)[C@@H]1Cc1ccccc1)C(C)(C)C. The van der Waals surface area contributed by atoms with Gasteiger partial charge in [0.15, 0.2) is 0 Å². The number of nitrogens with one attached hydrogen (secondary N) is 3. The molecule has 0 fully saturated rings. The van der Waals surface area contributed by atoms with Gasteiger partial charge in [0.05, 0.1) is 12.6 Å². The maximum Gasteiger partial charge on any atom is 0.250 e. The molecule has 0 aromatic heterocycles. The van der Waals surface area contributed by atoms with Gasteiger partial charge >= 0.3 is 0 Å². The van der Waals surface area contributed by atoms with Gasteiger partial charge in [0.25, 0.3) is 0 Å². The van der Waals surface area contributed by atoms with Crippen molar-refractivity contribution in [3.8, 4) is 0 Å². The summed E-state index contributed by atoms with van der Waals surface area (Å²) in [6.07, 6.45) is 3.60. The topological polar surface area (TPSA) is 111 Å². The number of carbonyl (C=O) groups is 4. The first kappa shape index (κ1) is 34.1. The third kappa shape index (κ3) is 8.69. The Kier molecular flexibility index (Phi) is 11.5. The Hall–Kier alpha value is -4.76. The molecule has 46 heavy (non-hydrogen) atoms. The van der Waals surface area contributed by atoms with E-state index < -0.39 is 35.4 Å². The second-order valence-corrected chi connectivity index (χ2v) is 12.7. The summed E-state index contributed by atoms with van der Waals surface area (Å²) in [5.41, 5.74) is 2.47. The van der Waals surface area contributed by atoms with Gasteiger partial charge in [-0.25, -0.2) is 0 Å². The van der Waals surface area contributed by atoms with Crippen molar-refractivity contribution in [2.24, 2.45) is 5.41 Å². The first-order chi connectivity index (χ1) is 22.0. The monoisotopic (exact) mass is 623 g/mol. The average Bonchev–Trinajstić information content (AvgIpc) is 3.06. The van der Waals surface area contributed by atoms with Crippen molar-refractivity contribution in [3.05, 3.63) is 120 Å². The fourth-order valence-corrected chi connectivity index (χ4v) is 5.47.